The molecule has 3 heterocycles. The van der Waals surface area contributed by atoms with Crippen LogP contribution in [-0.2, 0) is 22.5 Å². The SMILES string of the molecule is CCc1nccn1CC(=O)N1CCC[C@]2(C[C@@H](Oc3ccc(F)cc3)CO2)C1. The van der Waals surface area contributed by atoms with E-state index in [-0.39, 0.29) is 23.4 Å². The van der Waals surface area contributed by atoms with Gasteiger partial charge in [-0.2, -0.15) is 0 Å². The molecule has 7 heteroatoms. The molecule has 1 spiro atoms. The van der Waals surface area contributed by atoms with Gasteiger partial charge in [0.2, 0.25) is 5.91 Å². The summed E-state index contributed by atoms with van der Waals surface area (Å²) in [6.07, 6.45) is 6.89. The van der Waals surface area contributed by atoms with Crippen LogP contribution in [-0.4, -0.2) is 51.8 Å². The fourth-order valence-corrected chi connectivity index (χ4v) is 4.22. The molecule has 6 nitrogen and oxygen atoms in total. The summed E-state index contributed by atoms with van der Waals surface area (Å²) in [5.41, 5.74) is -0.346. The topological polar surface area (TPSA) is 56.6 Å². The number of halogens is 1. The molecule has 2 aliphatic heterocycles. The van der Waals surface area contributed by atoms with Gasteiger partial charge < -0.3 is 18.9 Å². The molecule has 2 aliphatic rings. The number of nitrogens with zero attached hydrogens (tertiary/aromatic N) is 3. The molecular weight excluding hydrogens is 361 g/mol. The third-order valence-corrected chi connectivity index (χ3v) is 5.61. The van der Waals surface area contributed by atoms with Crippen LogP contribution >= 0.6 is 0 Å². The first-order valence-electron chi connectivity index (χ1n) is 9.91. The highest BCUT2D eigenvalue weighted by Crippen LogP contribution is 2.36. The molecule has 2 fully saturated rings. The van der Waals surface area contributed by atoms with Crippen molar-refractivity contribution in [1.82, 2.24) is 14.5 Å². The van der Waals surface area contributed by atoms with E-state index in [2.05, 4.69) is 4.98 Å². The maximum atomic E-state index is 13.1. The molecule has 0 saturated carbocycles. The fourth-order valence-electron chi connectivity index (χ4n) is 4.22. The summed E-state index contributed by atoms with van der Waals surface area (Å²) in [4.78, 5) is 19.0. The van der Waals surface area contributed by atoms with E-state index >= 15 is 0 Å². The second kappa shape index (κ2) is 7.91. The van der Waals surface area contributed by atoms with Crippen molar-refractivity contribution in [2.45, 2.75) is 50.9 Å². The molecule has 4 rings (SSSR count). The molecule has 0 bridgehead atoms. The molecule has 0 unspecified atom stereocenters. The zero-order valence-corrected chi connectivity index (χ0v) is 16.1. The summed E-state index contributed by atoms with van der Waals surface area (Å²) in [7, 11) is 0. The summed E-state index contributed by atoms with van der Waals surface area (Å²) in [5, 5.41) is 0. The third-order valence-electron chi connectivity index (χ3n) is 5.61. The minimum atomic E-state index is -0.346. The first kappa shape index (κ1) is 18.9. The minimum Gasteiger partial charge on any atom is -0.488 e. The number of benzene rings is 1. The van der Waals surface area contributed by atoms with Crippen molar-refractivity contribution in [3.05, 3.63) is 48.3 Å². The van der Waals surface area contributed by atoms with Gasteiger partial charge in [-0.15, -0.1) is 0 Å². The number of hydrogen-bond acceptors (Lipinski definition) is 4. The lowest BCUT2D eigenvalue weighted by molar-refractivity contribution is -0.139. The van der Waals surface area contributed by atoms with E-state index in [1.54, 1.807) is 18.3 Å². The van der Waals surface area contributed by atoms with Crippen LogP contribution in [0.5, 0.6) is 5.75 Å². The van der Waals surface area contributed by atoms with Crippen LogP contribution < -0.4 is 4.74 Å². The fraction of sp³-hybridized carbons (Fsp3) is 0.524. The van der Waals surface area contributed by atoms with Gasteiger partial charge in [0.15, 0.2) is 0 Å². The van der Waals surface area contributed by atoms with Gasteiger partial charge in [0, 0.05) is 38.3 Å². The number of ether oxygens (including phenoxy) is 2. The summed E-state index contributed by atoms with van der Waals surface area (Å²) < 4.78 is 27.1. The van der Waals surface area contributed by atoms with E-state index in [0.29, 0.717) is 25.4 Å². The van der Waals surface area contributed by atoms with Crippen molar-refractivity contribution in [2.24, 2.45) is 0 Å². The van der Waals surface area contributed by atoms with Crippen LogP contribution in [0.25, 0.3) is 0 Å². The zero-order chi connectivity index (χ0) is 19.6. The lowest BCUT2D eigenvalue weighted by atomic mass is 9.89. The van der Waals surface area contributed by atoms with Crippen molar-refractivity contribution in [1.29, 1.82) is 0 Å². The van der Waals surface area contributed by atoms with E-state index in [1.807, 2.05) is 22.6 Å². The van der Waals surface area contributed by atoms with Crippen LogP contribution in [0.2, 0.25) is 0 Å². The third kappa shape index (κ3) is 4.04. The van der Waals surface area contributed by atoms with Gasteiger partial charge in [0.25, 0.3) is 0 Å². The summed E-state index contributed by atoms with van der Waals surface area (Å²) in [6, 6.07) is 6.05. The molecule has 2 atom stereocenters. The maximum Gasteiger partial charge on any atom is 0.242 e. The number of amides is 1. The summed E-state index contributed by atoms with van der Waals surface area (Å²) >= 11 is 0. The molecule has 2 saturated heterocycles. The Hall–Kier alpha value is -2.41. The van der Waals surface area contributed by atoms with Crippen LogP contribution in [0.15, 0.2) is 36.7 Å². The molecule has 1 aromatic heterocycles. The maximum absolute atomic E-state index is 13.1. The van der Waals surface area contributed by atoms with E-state index < -0.39 is 0 Å². The van der Waals surface area contributed by atoms with Crippen molar-refractivity contribution >= 4 is 5.91 Å². The van der Waals surface area contributed by atoms with Gasteiger partial charge in [-0.05, 0) is 37.1 Å². The van der Waals surface area contributed by atoms with Gasteiger partial charge in [-0.3, -0.25) is 4.79 Å². The van der Waals surface area contributed by atoms with Crippen LogP contribution in [0, 0.1) is 5.82 Å². The number of hydrogen-bond donors (Lipinski definition) is 0. The quantitative estimate of drug-likeness (QED) is 0.792. The van der Waals surface area contributed by atoms with Crippen molar-refractivity contribution < 1.29 is 18.7 Å². The molecule has 1 aromatic carbocycles. The van der Waals surface area contributed by atoms with Crippen molar-refractivity contribution in [3.8, 4) is 5.75 Å². The van der Waals surface area contributed by atoms with Gasteiger partial charge in [-0.25, -0.2) is 9.37 Å². The van der Waals surface area contributed by atoms with Crippen LogP contribution in [0.1, 0.15) is 32.0 Å². The Morgan fingerprint density at radius 1 is 1.39 bits per heavy atom. The highest BCUT2D eigenvalue weighted by molar-refractivity contribution is 5.76. The molecule has 150 valence electrons. The minimum absolute atomic E-state index is 0.0825. The lowest BCUT2D eigenvalue weighted by Gasteiger charge is -2.39. The smallest absolute Gasteiger partial charge is 0.242 e. The Bertz CT molecular complexity index is 823. The van der Waals surface area contributed by atoms with Gasteiger partial charge in [0.1, 0.15) is 30.0 Å². The number of imidazole rings is 1. The normalized spacial score (nSPS) is 24.6. The zero-order valence-electron chi connectivity index (χ0n) is 16.1. The van der Waals surface area contributed by atoms with Crippen molar-refractivity contribution in [2.75, 3.05) is 19.7 Å². The van der Waals surface area contributed by atoms with Crippen molar-refractivity contribution in [3.63, 3.8) is 0 Å². The first-order chi connectivity index (χ1) is 13.6. The predicted molar refractivity (Wildman–Crippen MR) is 102 cm³/mol. The molecule has 0 aliphatic carbocycles. The van der Waals surface area contributed by atoms with E-state index in [0.717, 1.165) is 38.1 Å². The van der Waals surface area contributed by atoms with E-state index in [1.165, 1.54) is 12.1 Å². The molecule has 1 amide bonds. The van der Waals surface area contributed by atoms with E-state index in [9.17, 15) is 9.18 Å². The highest BCUT2D eigenvalue weighted by atomic mass is 19.1. The van der Waals surface area contributed by atoms with E-state index in [4.69, 9.17) is 9.47 Å². The summed E-state index contributed by atoms with van der Waals surface area (Å²) in [6.45, 7) is 4.18. The van der Waals surface area contributed by atoms with Crippen LogP contribution in [0.4, 0.5) is 4.39 Å². The predicted octanol–water partition coefficient (Wildman–Crippen LogP) is 2.81. The molecular formula is C21H26FN3O3. The van der Waals surface area contributed by atoms with Gasteiger partial charge in [-0.1, -0.05) is 6.92 Å². The highest BCUT2D eigenvalue weighted by Gasteiger charge is 2.45. The number of carbonyl (C=O) groups excluding carboxylic acids is 1. The van der Waals surface area contributed by atoms with Gasteiger partial charge in [0.05, 0.1) is 12.2 Å². The number of carbonyl (C=O) groups is 1. The lowest BCUT2D eigenvalue weighted by Crippen LogP contribution is -2.51. The molecule has 0 N–H and O–H groups in total. The number of aromatic nitrogens is 2. The Kier molecular flexibility index (Phi) is 5.35. The number of aryl methyl sites for hydroxylation is 1. The Morgan fingerprint density at radius 2 is 2.21 bits per heavy atom. The second-order valence-electron chi connectivity index (χ2n) is 7.64. The summed E-state index contributed by atoms with van der Waals surface area (Å²) in [5.74, 6) is 1.38. The first-order valence-corrected chi connectivity index (χ1v) is 9.91. The Morgan fingerprint density at radius 3 is 3.00 bits per heavy atom. The largest absolute Gasteiger partial charge is 0.488 e. The number of rotatable bonds is 5. The number of piperidine rings is 1. The second-order valence-corrected chi connectivity index (χ2v) is 7.64. The molecule has 0 radical (unpaired) electrons. The van der Waals surface area contributed by atoms with Gasteiger partial charge >= 0.3 is 0 Å². The average molecular weight is 387 g/mol. The Labute approximate surface area is 164 Å². The molecule has 28 heavy (non-hydrogen) atoms. The number of likely N-dealkylation sites (tertiary alicyclic amines) is 1. The Balaban J connectivity index is 1.36. The standard InChI is InChI=1S/C21H26FN3O3/c1-2-19-23-9-11-24(19)13-20(26)25-10-3-8-21(15-25)12-18(14-27-21)28-17-6-4-16(22)5-7-17/h4-7,9,11,18H,2-3,8,10,12-15H2,1H3/t18-,21+/m1/s1. The monoisotopic (exact) mass is 387 g/mol. The molecule has 2 aromatic rings. The average Bonchev–Trinajstić information content (AvgIpc) is 3.30. The van der Waals surface area contributed by atoms with Crippen LogP contribution in [0.3, 0.4) is 0 Å².